The number of aromatic hydroxyl groups is 1. The average Bonchev–Trinajstić information content (AvgIpc) is 2.23. The Morgan fingerprint density at radius 3 is 2.76 bits per heavy atom. The third kappa shape index (κ3) is 5.39. The van der Waals surface area contributed by atoms with Crippen molar-refractivity contribution in [3.8, 4) is 5.75 Å². The highest BCUT2D eigenvalue weighted by molar-refractivity contribution is 6.30. The molecule has 1 N–H and O–H groups in total. The summed E-state index contributed by atoms with van der Waals surface area (Å²) in [6, 6.07) is 5.09. The molecule has 0 saturated carbocycles. The van der Waals surface area contributed by atoms with Gasteiger partial charge in [-0.25, -0.2) is 0 Å². The van der Waals surface area contributed by atoms with Crippen LogP contribution in [-0.4, -0.2) is 36.3 Å². The summed E-state index contributed by atoms with van der Waals surface area (Å²) < 4.78 is 5.47. The Kier molecular flexibility index (Phi) is 5.75. The number of ether oxygens (including phenoxy) is 1. The molecule has 1 aromatic rings. The molecule has 96 valence electrons. The van der Waals surface area contributed by atoms with E-state index in [9.17, 15) is 5.11 Å². The van der Waals surface area contributed by atoms with Crippen molar-refractivity contribution in [3.05, 3.63) is 28.8 Å². The third-order valence-corrected chi connectivity index (χ3v) is 2.64. The Hall–Kier alpha value is -0.770. The second-order valence-corrected chi connectivity index (χ2v) is 4.87. The van der Waals surface area contributed by atoms with Crippen LogP contribution >= 0.6 is 11.6 Å². The van der Waals surface area contributed by atoms with E-state index < -0.39 is 0 Å². The van der Waals surface area contributed by atoms with Crippen molar-refractivity contribution in [2.24, 2.45) is 0 Å². The zero-order chi connectivity index (χ0) is 12.8. The van der Waals surface area contributed by atoms with Crippen molar-refractivity contribution >= 4 is 11.6 Å². The highest BCUT2D eigenvalue weighted by Crippen LogP contribution is 2.22. The van der Waals surface area contributed by atoms with Crippen LogP contribution in [0, 0.1) is 0 Å². The molecule has 0 unspecified atom stereocenters. The van der Waals surface area contributed by atoms with Crippen molar-refractivity contribution < 1.29 is 9.84 Å². The number of likely N-dealkylation sites (N-methyl/N-ethyl adjacent to an activating group) is 1. The standard InChI is InChI=1S/C13H20ClNO2/c1-10(2)17-7-6-15(3)9-11-8-12(14)4-5-13(11)16/h4-5,8,10,16H,6-7,9H2,1-3H3. The van der Waals surface area contributed by atoms with E-state index in [-0.39, 0.29) is 11.9 Å². The molecule has 0 aliphatic carbocycles. The summed E-state index contributed by atoms with van der Waals surface area (Å²) in [5.41, 5.74) is 0.838. The van der Waals surface area contributed by atoms with E-state index in [1.54, 1.807) is 18.2 Å². The average molecular weight is 258 g/mol. The minimum absolute atomic E-state index is 0.253. The number of phenolic OH excluding ortho intramolecular Hbond substituents is 1. The van der Waals surface area contributed by atoms with Gasteiger partial charge in [0.15, 0.2) is 0 Å². The number of rotatable bonds is 6. The molecule has 4 heteroatoms. The molecule has 1 rings (SSSR count). The lowest BCUT2D eigenvalue weighted by Gasteiger charge is -2.18. The first kappa shape index (κ1) is 14.3. The summed E-state index contributed by atoms with van der Waals surface area (Å²) >= 11 is 5.89. The van der Waals surface area contributed by atoms with Crippen molar-refractivity contribution in [1.29, 1.82) is 0 Å². The van der Waals surface area contributed by atoms with Crippen LogP contribution in [-0.2, 0) is 11.3 Å². The molecule has 0 spiro atoms. The monoisotopic (exact) mass is 257 g/mol. The summed E-state index contributed by atoms with van der Waals surface area (Å²) in [5, 5.41) is 10.3. The highest BCUT2D eigenvalue weighted by atomic mass is 35.5. The van der Waals surface area contributed by atoms with Crippen molar-refractivity contribution in [1.82, 2.24) is 4.90 Å². The first-order valence-electron chi connectivity index (χ1n) is 5.76. The molecule has 0 radical (unpaired) electrons. The lowest BCUT2D eigenvalue weighted by molar-refractivity contribution is 0.0626. The quantitative estimate of drug-likeness (QED) is 0.851. The first-order valence-corrected chi connectivity index (χ1v) is 6.14. The summed E-state index contributed by atoms with van der Waals surface area (Å²) in [6.07, 6.45) is 0.253. The van der Waals surface area contributed by atoms with E-state index in [2.05, 4.69) is 4.90 Å². The van der Waals surface area contributed by atoms with Crippen LogP contribution in [0.5, 0.6) is 5.75 Å². The lowest BCUT2D eigenvalue weighted by Crippen LogP contribution is -2.24. The molecule has 0 heterocycles. The van der Waals surface area contributed by atoms with Crippen LogP contribution in [0.3, 0.4) is 0 Å². The van der Waals surface area contributed by atoms with Gasteiger partial charge >= 0.3 is 0 Å². The summed E-state index contributed by atoms with van der Waals surface area (Å²) in [4.78, 5) is 2.09. The topological polar surface area (TPSA) is 32.7 Å². The predicted molar refractivity (Wildman–Crippen MR) is 70.5 cm³/mol. The van der Waals surface area contributed by atoms with Crippen LogP contribution < -0.4 is 0 Å². The molecule has 0 amide bonds. The zero-order valence-electron chi connectivity index (χ0n) is 10.6. The van der Waals surface area contributed by atoms with Gasteiger partial charge < -0.3 is 9.84 Å². The van der Waals surface area contributed by atoms with E-state index in [0.717, 1.165) is 12.1 Å². The fourth-order valence-electron chi connectivity index (χ4n) is 1.49. The second-order valence-electron chi connectivity index (χ2n) is 4.43. The van der Waals surface area contributed by atoms with Crippen LogP contribution in [0.15, 0.2) is 18.2 Å². The molecule has 0 aliphatic heterocycles. The first-order chi connectivity index (χ1) is 7.99. The fourth-order valence-corrected chi connectivity index (χ4v) is 1.69. The molecule has 1 aromatic carbocycles. The molecule has 0 saturated heterocycles. The van der Waals surface area contributed by atoms with Gasteiger partial charge in [-0.2, -0.15) is 0 Å². The molecule has 0 bridgehead atoms. The van der Waals surface area contributed by atoms with E-state index in [0.29, 0.717) is 18.2 Å². The molecule has 0 fully saturated rings. The van der Waals surface area contributed by atoms with E-state index >= 15 is 0 Å². The summed E-state index contributed by atoms with van der Waals surface area (Å²) in [7, 11) is 1.99. The van der Waals surface area contributed by atoms with Gasteiger partial charge in [-0.3, -0.25) is 4.90 Å². The van der Waals surface area contributed by atoms with Crippen LogP contribution in [0.1, 0.15) is 19.4 Å². The van der Waals surface area contributed by atoms with Gasteiger partial charge in [0.1, 0.15) is 5.75 Å². The van der Waals surface area contributed by atoms with Gasteiger partial charge in [0.2, 0.25) is 0 Å². The summed E-state index contributed by atoms with van der Waals surface area (Å²) in [6.45, 7) is 6.21. The van der Waals surface area contributed by atoms with Gasteiger partial charge in [-0.1, -0.05) is 11.6 Å². The zero-order valence-corrected chi connectivity index (χ0v) is 11.4. The predicted octanol–water partition coefficient (Wildman–Crippen LogP) is 2.90. The molecular formula is C13H20ClNO2. The van der Waals surface area contributed by atoms with Gasteiger partial charge in [-0.05, 0) is 39.1 Å². The van der Waals surface area contributed by atoms with E-state index in [1.165, 1.54) is 0 Å². The SMILES string of the molecule is CC(C)OCCN(C)Cc1cc(Cl)ccc1O. The highest BCUT2D eigenvalue weighted by Gasteiger charge is 2.06. The maximum Gasteiger partial charge on any atom is 0.120 e. The van der Waals surface area contributed by atoms with Gasteiger partial charge in [0, 0.05) is 23.7 Å². The maximum absolute atomic E-state index is 9.68. The van der Waals surface area contributed by atoms with Crippen LogP contribution in [0.4, 0.5) is 0 Å². The molecule has 3 nitrogen and oxygen atoms in total. The largest absolute Gasteiger partial charge is 0.508 e. The van der Waals surface area contributed by atoms with Crippen LogP contribution in [0.2, 0.25) is 5.02 Å². The number of hydrogen-bond donors (Lipinski definition) is 1. The number of halogens is 1. The minimum Gasteiger partial charge on any atom is -0.508 e. The van der Waals surface area contributed by atoms with E-state index in [1.807, 2.05) is 20.9 Å². The number of benzene rings is 1. The Morgan fingerprint density at radius 1 is 1.41 bits per heavy atom. The lowest BCUT2D eigenvalue weighted by atomic mass is 10.2. The third-order valence-electron chi connectivity index (χ3n) is 2.41. The Balaban J connectivity index is 2.44. The number of phenols is 1. The normalized spacial score (nSPS) is 11.4. The Labute approximate surface area is 108 Å². The smallest absolute Gasteiger partial charge is 0.120 e. The minimum atomic E-state index is 0.253. The molecule has 17 heavy (non-hydrogen) atoms. The molecule has 0 aromatic heterocycles. The maximum atomic E-state index is 9.68. The van der Waals surface area contributed by atoms with Gasteiger partial charge in [-0.15, -0.1) is 0 Å². The van der Waals surface area contributed by atoms with E-state index in [4.69, 9.17) is 16.3 Å². The van der Waals surface area contributed by atoms with Crippen molar-refractivity contribution in [2.45, 2.75) is 26.5 Å². The summed E-state index contributed by atoms with van der Waals surface area (Å²) in [5.74, 6) is 0.283. The second kappa shape index (κ2) is 6.84. The van der Waals surface area contributed by atoms with Gasteiger partial charge in [0.25, 0.3) is 0 Å². The molecule has 0 aliphatic rings. The Bertz CT molecular complexity index is 355. The molecule has 0 atom stereocenters. The fraction of sp³-hybridized carbons (Fsp3) is 0.538. The van der Waals surface area contributed by atoms with Gasteiger partial charge in [0.05, 0.1) is 12.7 Å². The number of hydrogen-bond acceptors (Lipinski definition) is 3. The van der Waals surface area contributed by atoms with Crippen molar-refractivity contribution in [2.75, 3.05) is 20.2 Å². The Morgan fingerprint density at radius 2 is 2.12 bits per heavy atom. The molecular weight excluding hydrogens is 238 g/mol. The van der Waals surface area contributed by atoms with Crippen molar-refractivity contribution in [3.63, 3.8) is 0 Å². The number of nitrogens with zero attached hydrogens (tertiary/aromatic N) is 1. The van der Waals surface area contributed by atoms with Crippen LogP contribution in [0.25, 0.3) is 0 Å².